The lowest BCUT2D eigenvalue weighted by Gasteiger charge is -2.07. The van der Waals surface area contributed by atoms with E-state index >= 15 is 0 Å². The minimum absolute atomic E-state index is 0.174. The van der Waals surface area contributed by atoms with E-state index in [1.807, 2.05) is 13.0 Å². The van der Waals surface area contributed by atoms with Crippen LogP contribution in [0, 0.1) is 18.3 Å². The van der Waals surface area contributed by atoms with Crippen LogP contribution in [0.4, 0.5) is 5.95 Å². The Morgan fingerprint density at radius 2 is 2.18 bits per heavy atom. The van der Waals surface area contributed by atoms with Gasteiger partial charge in [-0.25, -0.2) is 9.97 Å². The molecule has 0 aliphatic heterocycles. The fourth-order valence-corrected chi connectivity index (χ4v) is 1.76. The number of hydrogen-bond acceptors (Lipinski definition) is 4. The lowest BCUT2D eigenvalue weighted by molar-refractivity contribution is 1.18. The molecule has 1 aromatic heterocycles. The highest BCUT2D eigenvalue weighted by atomic mass is 35.5. The van der Waals surface area contributed by atoms with Gasteiger partial charge in [0, 0.05) is 5.56 Å². The molecular formula is C12H9ClN4. The van der Waals surface area contributed by atoms with Crippen molar-refractivity contribution in [1.82, 2.24) is 9.97 Å². The van der Waals surface area contributed by atoms with Crippen molar-refractivity contribution < 1.29 is 0 Å². The number of benzene rings is 1. The zero-order valence-electron chi connectivity index (χ0n) is 9.11. The van der Waals surface area contributed by atoms with Crippen LogP contribution in [0.15, 0.2) is 24.4 Å². The molecule has 0 amide bonds. The first kappa shape index (κ1) is 11.4. The van der Waals surface area contributed by atoms with Gasteiger partial charge < -0.3 is 5.73 Å². The van der Waals surface area contributed by atoms with Crippen LogP contribution in [0.3, 0.4) is 0 Å². The summed E-state index contributed by atoms with van der Waals surface area (Å²) in [6, 6.07) is 7.39. The summed E-state index contributed by atoms with van der Waals surface area (Å²) in [5.74, 6) is 0.174. The first-order valence-electron chi connectivity index (χ1n) is 4.91. The van der Waals surface area contributed by atoms with Gasteiger partial charge in [0.25, 0.3) is 0 Å². The molecule has 84 valence electrons. The van der Waals surface area contributed by atoms with E-state index in [4.69, 9.17) is 22.6 Å². The molecule has 4 nitrogen and oxygen atoms in total. The number of aryl methyl sites for hydroxylation is 1. The predicted octanol–water partition coefficient (Wildman–Crippen LogP) is 2.56. The number of aromatic nitrogens is 2. The van der Waals surface area contributed by atoms with Crippen molar-refractivity contribution in [3.63, 3.8) is 0 Å². The number of nitriles is 1. The number of nitrogens with zero attached hydrogens (tertiary/aromatic N) is 3. The van der Waals surface area contributed by atoms with Crippen molar-refractivity contribution in [2.24, 2.45) is 0 Å². The maximum atomic E-state index is 8.80. The third-order valence-corrected chi connectivity index (χ3v) is 2.65. The van der Waals surface area contributed by atoms with E-state index in [0.717, 1.165) is 11.1 Å². The summed E-state index contributed by atoms with van der Waals surface area (Å²) in [5, 5.41) is 9.24. The van der Waals surface area contributed by atoms with Crippen LogP contribution in [0.25, 0.3) is 11.3 Å². The van der Waals surface area contributed by atoms with Crippen LogP contribution in [-0.2, 0) is 0 Å². The van der Waals surface area contributed by atoms with Crippen LogP contribution in [0.2, 0.25) is 5.02 Å². The van der Waals surface area contributed by atoms with E-state index < -0.39 is 0 Å². The van der Waals surface area contributed by atoms with Crippen LogP contribution >= 0.6 is 11.6 Å². The second-order valence-electron chi connectivity index (χ2n) is 3.57. The molecule has 0 aliphatic rings. The van der Waals surface area contributed by atoms with Gasteiger partial charge in [0.1, 0.15) is 0 Å². The summed E-state index contributed by atoms with van der Waals surface area (Å²) in [6.45, 7) is 1.89. The highest BCUT2D eigenvalue weighted by Crippen LogP contribution is 2.28. The van der Waals surface area contributed by atoms with Gasteiger partial charge in [-0.05, 0) is 24.6 Å². The molecule has 0 unspecified atom stereocenters. The van der Waals surface area contributed by atoms with Gasteiger partial charge in [0.05, 0.1) is 28.5 Å². The van der Waals surface area contributed by atoms with Crippen molar-refractivity contribution in [2.75, 3.05) is 5.73 Å². The number of rotatable bonds is 1. The van der Waals surface area contributed by atoms with Gasteiger partial charge in [-0.15, -0.1) is 0 Å². The Hall–Kier alpha value is -2.12. The Balaban J connectivity index is 2.61. The summed E-state index contributed by atoms with van der Waals surface area (Å²) in [7, 11) is 0. The largest absolute Gasteiger partial charge is 0.368 e. The van der Waals surface area contributed by atoms with Gasteiger partial charge in [-0.2, -0.15) is 5.26 Å². The Kier molecular flexibility index (Phi) is 2.94. The first-order chi connectivity index (χ1) is 8.11. The van der Waals surface area contributed by atoms with Crippen LogP contribution < -0.4 is 5.73 Å². The molecule has 0 radical (unpaired) electrons. The highest BCUT2D eigenvalue weighted by molar-refractivity contribution is 6.32. The molecule has 2 aromatic rings. The Morgan fingerprint density at radius 1 is 1.41 bits per heavy atom. The third kappa shape index (κ3) is 2.19. The highest BCUT2D eigenvalue weighted by Gasteiger charge is 2.09. The Bertz CT molecular complexity index is 616. The van der Waals surface area contributed by atoms with E-state index in [0.29, 0.717) is 16.3 Å². The smallest absolute Gasteiger partial charge is 0.220 e. The molecule has 17 heavy (non-hydrogen) atoms. The molecule has 0 atom stereocenters. The molecule has 0 saturated heterocycles. The zero-order chi connectivity index (χ0) is 12.4. The fraction of sp³-hybridized carbons (Fsp3) is 0.0833. The lowest BCUT2D eigenvalue weighted by Crippen LogP contribution is -1.97. The van der Waals surface area contributed by atoms with Gasteiger partial charge >= 0.3 is 0 Å². The van der Waals surface area contributed by atoms with Gasteiger partial charge in [0.15, 0.2) is 0 Å². The SMILES string of the molecule is Cc1cc(C#N)ccc1-c1nc(N)ncc1Cl. The summed E-state index contributed by atoms with van der Waals surface area (Å²) in [5.41, 5.74) is 8.49. The molecular weight excluding hydrogens is 236 g/mol. The summed E-state index contributed by atoms with van der Waals surface area (Å²) in [4.78, 5) is 7.92. The van der Waals surface area contributed by atoms with Crippen LogP contribution in [0.1, 0.15) is 11.1 Å². The zero-order valence-corrected chi connectivity index (χ0v) is 9.86. The van der Waals surface area contributed by atoms with E-state index in [-0.39, 0.29) is 5.95 Å². The standard InChI is InChI=1S/C12H9ClN4/c1-7-4-8(5-14)2-3-9(7)11-10(13)6-16-12(15)17-11/h2-4,6H,1H3,(H2,15,16,17). The number of halogens is 1. The molecule has 2 N–H and O–H groups in total. The quantitative estimate of drug-likeness (QED) is 0.837. The van der Waals surface area contributed by atoms with Crippen LogP contribution in [0.5, 0.6) is 0 Å². The molecule has 0 bridgehead atoms. The lowest BCUT2D eigenvalue weighted by atomic mass is 10.0. The molecule has 2 rings (SSSR count). The molecule has 0 aliphatic carbocycles. The predicted molar refractivity (Wildman–Crippen MR) is 66.3 cm³/mol. The van der Waals surface area contributed by atoms with E-state index in [2.05, 4.69) is 16.0 Å². The monoisotopic (exact) mass is 244 g/mol. The topological polar surface area (TPSA) is 75.6 Å². The summed E-state index contributed by atoms with van der Waals surface area (Å²) in [6.07, 6.45) is 1.47. The van der Waals surface area contributed by atoms with Gasteiger partial charge in [0.2, 0.25) is 5.95 Å². The molecule has 0 fully saturated rings. The summed E-state index contributed by atoms with van der Waals surface area (Å²) >= 11 is 6.03. The second kappa shape index (κ2) is 4.40. The Labute approximate surface area is 104 Å². The average Bonchev–Trinajstić information content (AvgIpc) is 2.32. The van der Waals surface area contributed by atoms with Crippen LogP contribution in [-0.4, -0.2) is 9.97 Å². The normalized spacial score (nSPS) is 9.94. The van der Waals surface area contributed by atoms with Gasteiger partial charge in [-0.1, -0.05) is 17.7 Å². The molecule has 0 spiro atoms. The maximum Gasteiger partial charge on any atom is 0.220 e. The fourth-order valence-electron chi connectivity index (χ4n) is 1.57. The molecule has 0 saturated carbocycles. The number of nitrogen functional groups attached to an aromatic ring is 1. The molecule has 1 heterocycles. The average molecular weight is 245 g/mol. The van der Waals surface area contributed by atoms with Crippen molar-refractivity contribution >= 4 is 17.5 Å². The second-order valence-corrected chi connectivity index (χ2v) is 3.97. The van der Waals surface area contributed by atoms with E-state index in [9.17, 15) is 0 Å². The van der Waals surface area contributed by atoms with Crippen molar-refractivity contribution in [3.05, 3.63) is 40.5 Å². The molecule has 1 aromatic carbocycles. The van der Waals surface area contributed by atoms with E-state index in [1.165, 1.54) is 6.20 Å². The molecule has 5 heteroatoms. The van der Waals surface area contributed by atoms with Crippen molar-refractivity contribution in [1.29, 1.82) is 5.26 Å². The third-order valence-electron chi connectivity index (χ3n) is 2.37. The summed E-state index contributed by atoms with van der Waals surface area (Å²) < 4.78 is 0. The number of hydrogen-bond donors (Lipinski definition) is 1. The number of nitrogens with two attached hydrogens (primary N) is 1. The van der Waals surface area contributed by atoms with Gasteiger partial charge in [-0.3, -0.25) is 0 Å². The van der Waals surface area contributed by atoms with Crippen molar-refractivity contribution in [2.45, 2.75) is 6.92 Å². The maximum absolute atomic E-state index is 8.80. The minimum atomic E-state index is 0.174. The number of anilines is 1. The van der Waals surface area contributed by atoms with E-state index in [1.54, 1.807) is 12.1 Å². The Morgan fingerprint density at radius 3 is 2.82 bits per heavy atom. The van der Waals surface area contributed by atoms with Crippen molar-refractivity contribution in [3.8, 4) is 17.3 Å². The minimum Gasteiger partial charge on any atom is -0.368 e. The first-order valence-corrected chi connectivity index (χ1v) is 5.28.